The molecular formula is C18H21N5O. The van der Waals surface area contributed by atoms with E-state index in [-0.39, 0.29) is 11.8 Å². The van der Waals surface area contributed by atoms with E-state index in [1.54, 1.807) is 12.4 Å². The summed E-state index contributed by atoms with van der Waals surface area (Å²) in [5.41, 5.74) is 8.91. The summed E-state index contributed by atoms with van der Waals surface area (Å²) in [7, 11) is 0. The number of rotatable bonds is 3. The minimum absolute atomic E-state index is 0.0878. The van der Waals surface area contributed by atoms with Crippen LogP contribution in [-0.4, -0.2) is 33.9 Å². The fourth-order valence-electron chi connectivity index (χ4n) is 3.71. The Labute approximate surface area is 141 Å². The molecule has 1 fully saturated rings. The zero-order valence-corrected chi connectivity index (χ0v) is 13.6. The van der Waals surface area contributed by atoms with Crippen LogP contribution in [0.15, 0.2) is 24.5 Å². The number of carbonyl (C=O) groups excluding carboxylic acids is 1. The molecule has 2 N–H and O–H groups in total. The number of hydrogen-bond acceptors (Lipinski definition) is 5. The lowest BCUT2D eigenvalue weighted by molar-refractivity contribution is -0.122. The highest BCUT2D eigenvalue weighted by Crippen LogP contribution is 2.33. The quantitative estimate of drug-likeness (QED) is 0.930. The first-order valence-corrected chi connectivity index (χ1v) is 8.57. The van der Waals surface area contributed by atoms with Crippen molar-refractivity contribution in [2.24, 2.45) is 11.7 Å². The summed E-state index contributed by atoms with van der Waals surface area (Å²) in [5, 5.41) is 0. The van der Waals surface area contributed by atoms with Gasteiger partial charge in [-0.1, -0.05) is 0 Å². The molecule has 1 aliphatic carbocycles. The topological polar surface area (TPSA) is 85.0 Å². The molecular weight excluding hydrogens is 302 g/mol. The molecule has 0 radical (unpaired) electrons. The summed E-state index contributed by atoms with van der Waals surface area (Å²) in [5.74, 6) is 1.44. The summed E-state index contributed by atoms with van der Waals surface area (Å²) in [6.45, 7) is 1.58. The average molecular weight is 323 g/mol. The van der Waals surface area contributed by atoms with Gasteiger partial charge in [0.2, 0.25) is 5.91 Å². The van der Waals surface area contributed by atoms with E-state index < -0.39 is 0 Å². The van der Waals surface area contributed by atoms with Gasteiger partial charge in [-0.3, -0.25) is 9.78 Å². The first kappa shape index (κ1) is 15.1. The van der Waals surface area contributed by atoms with Crippen molar-refractivity contribution in [1.82, 2.24) is 15.0 Å². The Morgan fingerprint density at radius 3 is 2.79 bits per heavy atom. The first-order chi connectivity index (χ1) is 11.7. The van der Waals surface area contributed by atoms with Gasteiger partial charge in [-0.15, -0.1) is 0 Å². The Bertz CT molecular complexity index is 762. The number of piperidine rings is 1. The van der Waals surface area contributed by atoms with Crippen LogP contribution in [0.4, 0.5) is 5.82 Å². The van der Waals surface area contributed by atoms with Gasteiger partial charge < -0.3 is 10.6 Å². The molecule has 1 aliphatic heterocycles. The number of hydrogen-bond donors (Lipinski definition) is 1. The van der Waals surface area contributed by atoms with Crippen LogP contribution in [0.2, 0.25) is 0 Å². The van der Waals surface area contributed by atoms with E-state index in [0.29, 0.717) is 6.54 Å². The van der Waals surface area contributed by atoms with Crippen LogP contribution >= 0.6 is 0 Å². The minimum Gasteiger partial charge on any atom is -0.369 e. The monoisotopic (exact) mass is 323 g/mol. The largest absolute Gasteiger partial charge is 0.369 e. The summed E-state index contributed by atoms with van der Waals surface area (Å²) < 4.78 is 0. The highest BCUT2D eigenvalue weighted by atomic mass is 16.1. The first-order valence-electron chi connectivity index (χ1n) is 8.57. The molecule has 0 unspecified atom stereocenters. The number of primary amides is 1. The Balaban J connectivity index is 1.74. The number of anilines is 1. The van der Waals surface area contributed by atoms with Gasteiger partial charge in [-0.05, 0) is 44.2 Å². The van der Waals surface area contributed by atoms with Gasteiger partial charge in [0.1, 0.15) is 5.82 Å². The van der Waals surface area contributed by atoms with E-state index in [0.717, 1.165) is 61.5 Å². The maximum Gasteiger partial charge on any atom is 0.222 e. The van der Waals surface area contributed by atoms with Crippen LogP contribution in [-0.2, 0) is 17.6 Å². The third-order valence-corrected chi connectivity index (χ3v) is 4.97. The molecule has 124 valence electrons. The summed E-state index contributed by atoms with van der Waals surface area (Å²) in [6, 6.07) is 3.87. The van der Waals surface area contributed by atoms with Crippen molar-refractivity contribution in [3.05, 3.63) is 35.8 Å². The highest BCUT2D eigenvalue weighted by molar-refractivity contribution is 5.77. The van der Waals surface area contributed by atoms with Crippen LogP contribution in [0.5, 0.6) is 0 Å². The van der Waals surface area contributed by atoms with Gasteiger partial charge in [0.15, 0.2) is 5.82 Å². The van der Waals surface area contributed by atoms with Crippen LogP contribution in [0.3, 0.4) is 0 Å². The summed E-state index contributed by atoms with van der Waals surface area (Å²) in [6.07, 6.45) is 8.48. The molecule has 24 heavy (non-hydrogen) atoms. The SMILES string of the molecule is NC(=O)[C@H]1CCCN(c2nc(-c3ccncc3)nc3c2CCC3)C1. The molecule has 0 spiro atoms. The average Bonchev–Trinajstić information content (AvgIpc) is 3.10. The summed E-state index contributed by atoms with van der Waals surface area (Å²) in [4.78, 5) is 27.6. The van der Waals surface area contributed by atoms with Crippen molar-refractivity contribution in [3.8, 4) is 11.4 Å². The van der Waals surface area contributed by atoms with Crippen molar-refractivity contribution >= 4 is 11.7 Å². The van der Waals surface area contributed by atoms with Crippen molar-refractivity contribution in [2.75, 3.05) is 18.0 Å². The Morgan fingerprint density at radius 2 is 2.00 bits per heavy atom. The van der Waals surface area contributed by atoms with E-state index in [1.165, 1.54) is 5.56 Å². The molecule has 1 saturated heterocycles. The standard InChI is InChI=1S/C18H21N5O/c19-16(24)13-3-2-10-23(11-13)18-14-4-1-5-15(14)21-17(22-18)12-6-8-20-9-7-12/h6-9,13H,1-5,10-11H2,(H2,19,24)/t13-/m0/s1. The van der Waals surface area contributed by atoms with Crippen LogP contribution < -0.4 is 10.6 Å². The predicted octanol–water partition coefficient (Wildman–Crippen LogP) is 1.73. The number of pyridine rings is 1. The summed E-state index contributed by atoms with van der Waals surface area (Å²) >= 11 is 0. The molecule has 6 heteroatoms. The number of fused-ring (bicyclic) bond motifs is 1. The molecule has 1 amide bonds. The predicted molar refractivity (Wildman–Crippen MR) is 91.4 cm³/mol. The van der Waals surface area contributed by atoms with Crippen LogP contribution in [0.25, 0.3) is 11.4 Å². The number of amides is 1. The molecule has 1 atom stereocenters. The van der Waals surface area contributed by atoms with Crippen molar-refractivity contribution < 1.29 is 4.79 Å². The normalized spacial score (nSPS) is 20.0. The Morgan fingerprint density at radius 1 is 1.17 bits per heavy atom. The molecule has 4 rings (SSSR count). The number of nitrogens with two attached hydrogens (primary N) is 1. The second kappa shape index (κ2) is 6.19. The molecule has 0 aromatic carbocycles. The van der Waals surface area contributed by atoms with Crippen LogP contribution in [0.1, 0.15) is 30.5 Å². The second-order valence-corrected chi connectivity index (χ2v) is 6.57. The Hall–Kier alpha value is -2.50. The zero-order valence-electron chi connectivity index (χ0n) is 13.6. The Kier molecular flexibility index (Phi) is 3.88. The van der Waals surface area contributed by atoms with Gasteiger partial charge in [-0.2, -0.15) is 0 Å². The third kappa shape index (κ3) is 2.72. The maximum atomic E-state index is 11.6. The van der Waals surface area contributed by atoms with Gasteiger partial charge in [-0.25, -0.2) is 9.97 Å². The van der Waals surface area contributed by atoms with Gasteiger partial charge in [0, 0.05) is 42.3 Å². The smallest absolute Gasteiger partial charge is 0.222 e. The molecule has 2 aromatic heterocycles. The van der Waals surface area contributed by atoms with Gasteiger partial charge in [0.25, 0.3) is 0 Å². The van der Waals surface area contributed by atoms with Crippen molar-refractivity contribution in [2.45, 2.75) is 32.1 Å². The molecule has 0 bridgehead atoms. The molecule has 6 nitrogen and oxygen atoms in total. The van der Waals surface area contributed by atoms with E-state index in [1.807, 2.05) is 12.1 Å². The number of carbonyl (C=O) groups is 1. The third-order valence-electron chi connectivity index (χ3n) is 4.97. The van der Waals surface area contributed by atoms with Crippen molar-refractivity contribution in [3.63, 3.8) is 0 Å². The highest BCUT2D eigenvalue weighted by Gasteiger charge is 2.29. The zero-order chi connectivity index (χ0) is 16.5. The van der Waals surface area contributed by atoms with Gasteiger partial charge >= 0.3 is 0 Å². The molecule has 2 aliphatic rings. The number of aryl methyl sites for hydroxylation is 1. The lowest BCUT2D eigenvalue weighted by Gasteiger charge is -2.33. The van der Waals surface area contributed by atoms with E-state index in [2.05, 4.69) is 9.88 Å². The minimum atomic E-state index is -0.209. The molecule has 3 heterocycles. The molecule has 2 aromatic rings. The van der Waals surface area contributed by atoms with Crippen LogP contribution in [0, 0.1) is 5.92 Å². The molecule has 0 saturated carbocycles. The number of nitrogens with zero attached hydrogens (tertiary/aromatic N) is 4. The van der Waals surface area contributed by atoms with Crippen molar-refractivity contribution in [1.29, 1.82) is 0 Å². The van der Waals surface area contributed by atoms with E-state index >= 15 is 0 Å². The van der Waals surface area contributed by atoms with E-state index in [4.69, 9.17) is 15.7 Å². The van der Waals surface area contributed by atoms with E-state index in [9.17, 15) is 4.79 Å². The fourth-order valence-corrected chi connectivity index (χ4v) is 3.71. The maximum absolute atomic E-state index is 11.6. The fraction of sp³-hybridized carbons (Fsp3) is 0.444. The van der Waals surface area contributed by atoms with Gasteiger partial charge in [0.05, 0.1) is 5.92 Å². The second-order valence-electron chi connectivity index (χ2n) is 6.57. The number of aromatic nitrogens is 3. The lowest BCUT2D eigenvalue weighted by atomic mass is 9.97. The lowest BCUT2D eigenvalue weighted by Crippen LogP contribution is -2.42.